The Morgan fingerprint density at radius 1 is 1.27 bits per heavy atom. The number of thioether (sulfide) groups is 1. The zero-order valence-corrected chi connectivity index (χ0v) is 16.0. The van der Waals surface area contributed by atoms with Crippen molar-refractivity contribution in [3.8, 4) is 5.75 Å². The van der Waals surface area contributed by atoms with Gasteiger partial charge in [0.05, 0.1) is 0 Å². The fourth-order valence-electron chi connectivity index (χ4n) is 2.17. The van der Waals surface area contributed by atoms with E-state index in [-0.39, 0.29) is 5.12 Å². The molecule has 2 aromatic rings. The standard InChI is InChI=1S/C18H19IO2S/c1-4-14-8-9-17(12(2)10-14)21-11-15-16(19)6-5-7-18(15)22-13(3)20/h5-10H,4,11H2,1-3H3. The summed E-state index contributed by atoms with van der Waals surface area (Å²) in [7, 11) is 0. The minimum absolute atomic E-state index is 0.0896. The number of rotatable bonds is 5. The summed E-state index contributed by atoms with van der Waals surface area (Å²) >= 11 is 3.55. The summed E-state index contributed by atoms with van der Waals surface area (Å²) in [6, 6.07) is 12.3. The van der Waals surface area contributed by atoms with Gasteiger partial charge < -0.3 is 4.74 Å². The Balaban J connectivity index is 2.19. The lowest BCUT2D eigenvalue weighted by Gasteiger charge is -2.14. The van der Waals surface area contributed by atoms with Crippen LogP contribution in [0, 0.1) is 10.5 Å². The fourth-order valence-corrected chi connectivity index (χ4v) is 3.76. The summed E-state index contributed by atoms with van der Waals surface area (Å²) < 4.78 is 7.11. The number of carbonyl (C=O) groups is 1. The van der Waals surface area contributed by atoms with E-state index >= 15 is 0 Å². The molecule has 0 saturated heterocycles. The van der Waals surface area contributed by atoms with E-state index in [0.29, 0.717) is 6.61 Å². The molecule has 0 N–H and O–H groups in total. The van der Waals surface area contributed by atoms with Crippen molar-refractivity contribution < 1.29 is 9.53 Å². The van der Waals surface area contributed by atoms with Gasteiger partial charge in [-0.3, -0.25) is 4.79 Å². The molecule has 0 heterocycles. The molecule has 0 bridgehead atoms. The van der Waals surface area contributed by atoms with E-state index in [0.717, 1.165) is 31.8 Å². The molecule has 2 aromatic carbocycles. The van der Waals surface area contributed by atoms with Crippen LogP contribution < -0.4 is 4.74 Å². The van der Waals surface area contributed by atoms with Crippen LogP contribution in [0.4, 0.5) is 0 Å². The Morgan fingerprint density at radius 2 is 2.05 bits per heavy atom. The largest absolute Gasteiger partial charge is 0.489 e. The summed E-state index contributed by atoms with van der Waals surface area (Å²) in [6.45, 7) is 6.27. The van der Waals surface area contributed by atoms with Gasteiger partial charge in [0, 0.05) is 21.0 Å². The molecule has 0 atom stereocenters. The van der Waals surface area contributed by atoms with Crippen molar-refractivity contribution in [3.05, 3.63) is 56.7 Å². The molecule has 0 unspecified atom stereocenters. The van der Waals surface area contributed by atoms with Crippen LogP contribution in [0.15, 0.2) is 41.3 Å². The highest BCUT2D eigenvalue weighted by molar-refractivity contribution is 14.1. The van der Waals surface area contributed by atoms with Crippen LogP contribution >= 0.6 is 34.4 Å². The molecule has 22 heavy (non-hydrogen) atoms. The zero-order chi connectivity index (χ0) is 16.1. The predicted molar refractivity (Wildman–Crippen MR) is 101 cm³/mol. The monoisotopic (exact) mass is 426 g/mol. The maximum atomic E-state index is 11.4. The van der Waals surface area contributed by atoms with Crippen molar-refractivity contribution in [2.45, 2.75) is 38.7 Å². The van der Waals surface area contributed by atoms with Gasteiger partial charge in [-0.15, -0.1) is 0 Å². The molecular weight excluding hydrogens is 407 g/mol. The molecule has 2 nitrogen and oxygen atoms in total. The number of hydrogen-bond donors (Lipinski definition) is 0. The third kappa shape index (κ3) is 4.49. The number of benzene rings is 2. The molecule has 0 saturated carbocycles. The highest BCUT2D eigenvalue weighted by Crippen LogP contribution is 2.29. The molecule has 0 aromatic heterocycles. The minimum atomic E-state index is 0.0896. The topological polar surface area (TPSA) is 26.3 Å². The van der Waals surface area contributed by atoms with Crippen molar-refractivity contribution >= 4 is 39.5 Å². The van der Waals surface area contributed by atoms with Crippen LogP contribution in [0.1, 0.15) is 30.5 Å². The van der Waals surface area contributed by atoms with Gasteiger partial charge in [0.1, 0.15) is 12.4 Å². The van der Waals surface area contributed by atoms with Gasteiger partial charge in [-0.1, -0.05) is 36.9 Å². The van der Waals surface area contributed by atoms with Gasteiger partial charge in [0.2, 0.25) is 0 Å². The van der Waals surface area contributed by atoms with E-state index in [9.17, 15) is 4.79 Å². The number of halogens is 1. The maximum absolute atomic E-state index is 11.4. The second kappa shape index (κ2) is 8.02. The molecule has 0 radical (unpaired) electrons. The van der Waals surface area contributed by atoms with Gasteiger partial charge in [-0.25, -0.2) is 0 Å². The van der Waals surface area contributed by atoms with Crippen molar-refractivity contribution in [2.24, 2.45) is 0 Å². The smallest absolute Gasteiger partial charge is 0.190 e. The van der Waals surface area contributed by atoms with E-state index in [4.69, 9.17) is 4.74 Å². The molecule has 0 aliphatic carbocycles. The first kappa shape index (κ1) is 17.3. The second-order valence-corrected chi connectivity index (χ2v) is 7.43. The van der Waals surface area contributed by atoms with Gasteiger partial charge in [-0.2, -0.15) is 0 Å². The van der Waals surface area contributed by atoms with Crippen LogP contribution in [0.5, 0.6) is 5.75 Å². The zero-order valence-electron chi connectivity index (χ0n) is 13.0. The summed E-state index contributed by atoms with van der Waals surface area (Å²) in [6.07, 6.45) is 1.02. The summed E-state index contributed by atoms with van der Waals surface area (Å²) in [4.78, 5) is 12.4. The Kier molecular flexibility index (Phi) is 6.32. The Hall–Kier alpha value is -1.01. The third-order valence-corrected chi connectivity index (χ3v) is 5.25. The summed E-state index contributed by atoms with van der Waals surface area (Å²) in [5, 5.41) is 0.0896. The predicted octanol–water partition coefficient (Wildman–Crippen LogP) is 5.38. The molecule has 0 fully saturated rings. The molecule has 0 aliphatic rings. The summed E-state index contributed by atoms with van der Waals surface area (Å²) in [5.74, 6) is 0.899. The first-order valence-corrected chi connectivity index (χ1v) is 9.09. The van der Waals surface area contributed by atoms with E-state index < -0.39 is 0 Å². The Morgan fingerprint density at radius 3 is 2.68 bits per heavy atom. The molecule has 116 valence electrons. The van der Waals surface area contributed by atoms with Crippen LogP contribution in [0.2, 0.25) is 0 Å². The van der Waals surface area contributed by atoms with Crippen molar-refractivity contribution in [3.63, 3.8) is 0 Å². The van der Waals surface area contributed by atoms with Crippen LogP contribution in [0.25, 0.3) is 0 Å². The lowest BCUT2D eigenvalue weighted by Crippen LogP contribution is -2.02. The van der Waals surface area contributed by atoms with Crippen molar-refractivity contribution in [1.29, 1.82) is 0 Å². The Bertz CT molecular complexity index is 683. The first-order chi connectivity index (χ1) is 10.5. The van der Waals surface area contributed by atoms with Gasteiger partial charge in [0.25, 0.3) is 0 Å². The second-order valence-electron chi connectivity index (χ2n) is 5.05. The normalized spacial score (nSPS) is 10.5. The average molecular weight is 426 g/mol. The molecule has 0 amide bonds. The third-order valence-electron chi connectivity index (χ3n) is 3.35. The van der Waals surface area contributed by atoms with Gasteiger partial charge in [-0.05, 0) is 65.3 Å². The lowest BCUT2D eigenvalue weighted by molar-refractivity contribution is -0.109. The van der Waals surface area contributed by atoms with E-state index in [1.54, 1.807) is 6.92 Å². The molecule has 2 rings (SSSR count). The summed E-state index contributed by atoms with van der Waals surface area (Å²) in [5.41, 5.74) is 3.53. The van der Waals surface area contributed by atoms with E-state index in [1.165, 1.54) is 17.3 Å². The fraction of sp³-hybridized carbons (Fsp3) is 0.278. The van der Waals surface area contributed by atoms with Crippen LogP contribution in [-0.4, -0.2) is 5.12 Å². The quantitative estimate of drug-likeness (QED) is 0.475. The number of hydrogen-bond acceptors (Lipinski definition) is 3. The van der Waals surface area contributed by atoms with Gasteiger partial charge in [0.15, 0.2) is 5.12 Å². The molecular formula is C18H19IO2S. The average Bonchev–Trinajstić information content (AvgIpc) is 2.47. The molecule has 0 spiro atoms. The molecule has 4 heteroatoms. The maximum Gasteiger partial charge on any atom is 0.190 e. The minimum Gasteiger partial charge on any atom is -0.489 e. The first-order valence-electron chi connectivity index (χ1n) is 7.19. The van der Waals surface area contributed by atoms with Gasteiger partial charge >= 0.3 is 0 Å². The van der Waals surface area contributed by atoms with Crippen LogP contribution in [-0.2, 0) is 17.8 Å². The highest BCUT2D eigenvalue weighted by atomic mass is 127. The van der Waals surface area contributed by atoms with Crippen LogP contribution in [0.3, 0.4) is 0 Å². The highest BCUT2D eigenvalue weighted by Gasteiger charge is 2.11. The number of carbonyl (C=O) groups excluding carboxylic acids is 1. The Labute approximate surface area is 149 Å². The lowest BCUT2D eigenvalue weighted by atomic mass is 10.1. The van der Waals surface area contributed by atoms with Crippen molar-refractivity contribution in [1.82, 2.24) is 0 Å². The number of ether oxygens (including phenoxy) is 1. The van der Waals surface area contributed by atoms with E-state index in [1.807, 2.05) is 24.3 Å². The molecule has 0 aliphatic heterocycles. The van der Waals surface area contributed by atoms with E-state index in [2.05, 4.69) is 48.6 Å². The van der Waals surface area contributed by atoms with Crippen molar-refractivity contribution in [2.75, 3.05) is 0 Å². The SMILES string of the molecule is CCc1ccc(OCc2c(I)cccc2SC(C)=O)c(C)c1. The number of aryl methyl sites for hydroxylation is 2.